The summed E-state index contributed by atoms with van der Waals surface area (Å²) in [5, 5.41) is 11.1. The zero-order valence-corrected chi connectivity index (χ0v) is 12.4. The second-order valence-electron chi connectivity index (χ2n) is 5.08. The third-order valence-electron chi connectivity index (χ3n) is 3.45. The van der Waals surface area contributed by atoms with E-state index in [0.29, 0.717) is 17.5 Å². The van der Waals surface area contributed by atoms with Crippen molar-refractivity contribution in [2.24, 2.45) is 0 Å². The fourth-order valence-corrected chi connectivity index (χ4v) is 2.37. The highest BCUT2D eigenvalue weighted by atomic mass is 16.5. The van der Waals surface area contributed by atoms with Crippen LogP contribution in [0.1, 0.15) is 5.82 Å². The lowest BCUT2D eigenvalue weighted by atomic mass is 10.1. The predicted molar refractivity (Wildman–Crippen MR) is 85.3 cm³/mol. The molecule has 0 saturated carbocycles. The number of benzene rings is 2. The molecule has 6 heteroatoms. The molecule has 0 saturated heterocycles. The summed E-state index contributed by atoms with van der Waals surface area (Å²) in [6, 6.07) is 17.4. The van der Waals surface area contributed by atoms with Crippen LogP contribution in [0.5, 0.6) is 0 Å². The maximum Gasteiger partial charge on any atom is 0.258 e. The zero-order valence-electron chi connectivity index (χ0n) is 12.4. The van der Waals surface area contributed by atoms with Gasteiger partial charge >= 0.3 is 0 Å². The van der Waals surface area contributed by atoms with Gasteiger partial charge in [0.1, 0.15) is 5.82 Å². The van der Waals surface area contributed by atoms with E-state index in [1.165, 1.54) is 0 Å². The molecular formula is C17H13N5O. The molecule has 0 unspecified atom stereocenters. The van der Waals surface area contributed by atoms with Crippen LogP contribution in [0.2, 0.25) is 0 Å². The van der Waals surface area contributed by atoms with Crippen LogP contribution in [0.4, 0.5) is 0 Å². The lowest BCUT2D eigenvalue weighted by Gasteiger charge is -2.01. The summed E-state index contributed by atoms with van der Waals surface area (Å²) in [6.45, 7) is 1.86. The van der Waals surface area contributed by atoms with Gasteiger partial charge in [-0.15, -0.1) is 0 Å². The predicted octanol–water partition coefficient (Wildman–Crippen LogP) is 3.50. The lowest BCUT2D eigenvalue weighted by molar-refractivity contribution is 0.432. The maximum absolute atomic E-state index is 5.45. The molecule has 0 aliphatic carbocycles. The molecule has 0 aliphatic rings. The van der Waals surface area contributed by atoms with Crippen molar-refractivity contribution in [1.82, 2.24) is 25.3 Å². The number of H-pyrrole nitrogens is 1. The molecule has 2 aromatic heterocycles. The SMILES string of the molecule is Cc1nc(-c2ccccc2-c2nc(-c3ccccc3)no2)n[nH]1. The summed E-state index contributed by atoms with van der Waals surface area (Å²) in [5.41, 5.74) is 2.56. The van der Waals surface area contributed by atoms with Crippen LogP contribution in [-0.4, -0.2) is 25.3 Å². The van der Waals surface area contributed by atoms with Gasteiger partial charge in [-0.05, 0) is 13.0 Å². The van der Waals surface area contributed by atoms with E-state index in [2.05, 4.69) is 25.3 Å². The third kappa shape index (κ3) is 2.50. The van der Waals surface area contributed by atoms with E-state index in [1.54, 1.807) is 0 Å². The summed E-state index contributed by atoms with van der Waals surface area (Å²) in [7, 11) is 0. The molecule has 2 aromatic carbocycles. The van der Waals surface area contributed by atoms with Crippen LogP contribution in [0.3, 0.4) is 0 Å². The fraction of sp³-hybridized carbons (Fsp3) is 0.0588. The Morgan fingerprint density at radius 1 is 0.826 bits per heavy atom. The monoisotopic (exact) mass is 303 g/mol. The lowest BCUT2D eigenvalue weighted by Crippen LogP contribution is -1.87. The van der Waals surface area contributed by atoms with E-state index in [-0.39, 0.29) is 0 Å². The first-order chi connectivity index (χ1) is 11.3. The van der Waals surface area contributed by atoms with E-state index in [4.69, 9.17) is 4.52 Å². The zero-order chi connectivity index (χ0) is 15.6. The first-order valence-corrected chi connectivity index (χ1v) is 7.19. The van der Waals surface area contributed by atoms with Crippen molar-refractivity contribution in [3.63, 3.8) is 0 Å². The number of aryl methyl sites for hydroxylation is 1. The van der Waals surface area contributed by atoms with Crippen LogP contribution in [0, 0.1) is 6.92 Å². The number of nitrogens with zero attached hydrogens (tertiary/aromatic N) is 4. The Hall–Kier alpha value is -3.28. The molecule has 4 rings (SSSR count). The van der Waals surface area contributed by atoms with Gasteiger partial charge < -0.3 is 4.52 Å². The number of hydrogen-bond acceptors (Lipinski definition) is 5. The molecule has 0 atom stereocenters. The minimum absolute atomic E-state index is 0.446. The minimum atomic E-state index is 0.446. The molecule has 23 heavy (non-hydrogen) atoms. The average molecular weight is 303 g/mol. The minimum Gasteiger partial charge on any atom is -0.334 e. The normalized spacial score (nSPS) is 10.8. The molecule has 4 aromatic rings. The van der Waals surface area contributed by atoms with E-state index >= 15 is 0 Å². The summed E-state index contributed by atoms with van der Waals surface area (Å²) in [5.74, 6) is 2.37. The Morgan fingerprint density at radius 3 is 2.30 bits per heavy atom. The number of nitrogens with one attached hydrogen (secondary N) is 1. The van der Waals surface area contributed by atoms with Crippen molar-refractivity contribution in [2.75, 3.05) is 0 Å². The van der Waals surface area contributed by atoms with E-state index in [0.717, 1.165) is 22.5 Å². The van der Waals surface area contributed by atoms with Crippen molar-refractivity contribution >= 4 is 0 Å². The summed E-state index contributed by atoms with van der Waals surface area (Å²) in [6.07, 6.45) is 0. The molecule has 0 fully saturated rings. The molecule has 1 N–H and O–H groups in total. The maximum atomic E-state index is 5.45. The van der Waals surface area contributed by atoms with Crippen LogP contribution in [0.15, 0.2) is 59.1 Å². The number of aromatic amines is 1. The quantitative estimate of drug-likeness (QED) is 0.626. The summed E-state index contributed by atoms with van der Waals surface area (Å²) in [4.78, 5) is 8.88. The highest BCUT2D eigenvalue weighted by Crippen LogP contribution is 2.30. The highest BCUT2D eigenvalue weighted by molar-refractivity contribution is 5.76. The number of aromatic nitrogens is 5. The van der Waals surface area contributed by atoms with Crippen LogP contribution >= 0.6 is 0 Å². The Kier molecular flexibility index (Phi) is 3.20. The largest absolute Gasteiger partial charge is 0.334 e. The second-order valence-corrected chi connectivity index (χ2v) is 5.08. The van der Waals surface area contributed by atoms with Gasteiger partial charge in [-0.25, -0.2) is 4.98 Å². The smallest absolute Gasteiger partial charge is 0.258 e. The Morgan fingerprint density at radius 2 is 1.57 bits per heavy atom. The molecule has 0 radical (unpaired) electrons. The van der Waals surface area contributed by atoms with E-state index in [1.807, 2.05) is 61.5 Å². The number of rotatable bonds is 3. The fourth-order valence-electron chi connectivity index (χ4n) is 2.37. The van der Waals surface area contributed by atoms with Crippen molar-refractivity contribution in [3.8, 4) is 34.2 Å². The molecule has 112 valence electrons. The molecule has 0 amide bonds. The van der Waals surface area contributed by atoms with Crippen molar-refractivity contribution in [3.05, 3.63) is 60.4 Å². The molecule has 0 bridgehead atoms. The first kappa shape index (κ1) is 13.4. The van der Waals surface area contributed by atoms with Gasteiger partial charge in [0.05, 0.1) is 5.56 Å². The molecular weight excluding hydrogens is 290 g/mol. The van der Waals surface area contributed by atoms with E-state index < -0.39 is 0 Å². The van der Waals surface area contributed by atoms with Crippen molar-refractivity contribution in [1.29, 1.82) is 0 Å². The van der Waals surface area contributed by atoms with E-state index in [9.17, 15) is 0 Å². The van der Waals surface area contributed by atoms with Gasteiger partial charge in [-0.3, -0.25) is 5.10 Å². The summed E-state index contributed by atoms with van der Waals surface area (Å²) < 4.78 is 5.45. The topological polar surface area (TPSA) is 80.5 Å². The highest BCUT2D eigenvalue weighted by Gasteiger charge is 2.16. The molecule has 6 nitrogen and oxygen atoms in total. The van der Waals surface area contributed by atoms with Gasteiger partial charge in [-0.1, -0.05) is 53.7 Å². The first-order valence-electron chi connectivity index (χ1n) is 7.19. The molecule has 0 aliphatic heterocycles. The molecule has 0 spiro atoms. The molecule has 2 heterocycles. The number of hydrogen-bond donors (Lipinski definition) is 1. The second kappa shape index (κ2) is 5.49. The van der Waals surface area contributed by atoms with Gasteiger partial charge in [0.2, 0.25) is 5.82 Å². The van der Waals surface area contributed by atoms with Crippen LogP contribution in [0.25, 0.3) is 34.2 Å². The Labute approximate surface area is 132 Å². The van der Waals surface area contributed by atoms with Gasteiger partial charge in [0, 0.05) is 11.1 Å². The standard InChI is InChI=1S/C17H13N5O/c1-11-18-16(21-20-11)13-9-5-6-10-14(13)17-19-15(22-23-17)12-7-3-2-4-8-12/h2-10H,1H3,(H,18,20,21). The Bertz CT molecular complexity index is 942. The summed E-state index contributed by atoms with van der Waals surface area (Å²) >= 11 is 0. The van der Waals surface area contributed by atoms with Crippen molar-refractivity contribution < 1.29 is 4.52 Å². The van der Waals surface area contributed by atoms with Crippen molar-refractivity contribution in [2.45, 2.75) is 6.92 Å². The van der Waals surface area contributed by atoms with Gasteiger partial charge in [0.25, 0.3) is 5.89 Å². The third-order valence-corrected chi connectivity index (χ3v) is 3.45. The van der Waals surface area contributed by atoms with Crippen LogP contribution in [-0.2, 0) is 0 Å². The average Bonchev–Trinajstić information content (AvgIpc) is 3.25. The Balaban J connectivity index is 1.79. The van der Waals surface area contributed by atoms with Gasteiger partial charge in [-0.2, -0.15) is 10.1 Å². The van der Waals surface area contributed by atoms with Crippen LogP contribution < -0.4 is 0 Å². The van der Waals surface area contributed by atoms with Gasteiger partial charge in [0.15, 0.2) is 5.82 Å².